The first-order chi connectivity index (χ1) is 12.7. The van der Waals surface area contributed by atoms with Crippen LogP contribution >= 0.6 is 0 Å². The average molecular weight is 390 g/mol. The molecule has 2 aliphatic rings. The van der Waals surface area contributed by atoms with E-state index in [1.807, 2.05) is 6.92 Å². The lowest BCUT2D eigenvalue weighted by Crippen LogP contribution is -2.31. The summed E-state index contributed by atoms with van der Waals surface area (Å²) < 4.78 is 78.5. The fourth-order valence-electron chi connectivity index (χ4n) is 4.98. The molecular weight excluding hydrogens is 363 g/mol. The van der Waals surface area contributed by atoms with E-state index in [2.05, 4.69) is 0 Å². The molecule has 6 heteroatoms. The molecule has 0 bridgehead atoms. The minimum absolute atomic E-state index is 0.0308. The van der Waals surface area contributed by atoms with E-state index in [1.165, 1.54) is 12.1 Å². The van der Waals surface area contributed by atoms with E-state index in [0.29, 0.717) is 12.8 Å². The second-order valence-electron chi connectivity index (χ2n) is 8.07. The summed E-state index contributed by atoms with van der Waals surface area (Å²) in [5, 5.41) is 0. The number of hydrogen-bond acceptors (Lipinski definition) is 1. The minimum atomic E-state index is -2.91. The SMILES string of the molecule is CCCC1CCC2(F)CC(c3ccc(OCC)c(F)c3F)CC2CC1(F)F. The van der Waals surface area contributed by atoms with Crippen LogP contribution in [-0.2, 0) is 0 Å². The highest BCUT2D eigenvalue weighted by Crippen LogP contribution is 2.57. The maximum atomic E-state index is 15.6. The van der Waals surface area contributed by atoms with E-state index >= 15 is 4.39 Å². The predicted octanol–water partition coefficient (Wildman–Crippen LogP) is 6.80. The van der Waals surface area contributed by atoms with Crippen molar-refractivity contribution >= 4 is 0 Å². The first-order valence-corrected chi connectivity index (χ1v) is 9.89. The number of alkyl halides is 3. The minimum Gasteiger partial charge on any atom is -0.491 e. The highest BCUT2D eigenvalue weighted by atomic mass is 19.3. The largest absolute Gasteiger partial charge is 0.491 e. The molecule has 27 heavy (non-hydrogen) atoms. The Morgan fingerprint density at radius 3 is 2.48 bits per heavy atom. The summed E-state index contributed by atoms with van der Waals surface area (Å²) in [5.41, 5.74) is -1.67. The fourth-order valence-corrected chi connectivity index (χ4v) is 4.98. The lowest BCUT2D eigenvalue weighted by atomic mass is 9.87. The summed E-state index contributed by atoms with van der Waals surface area (Å²) in [6.45, 7) is 3.71. The van der Waals surface area contributed by atoms with E-state index < -0.39 is 47.4 Å². The van der Waals surface area contributed by atoms with Gasteiger partial charge in [0.05, 0.1) is 6.61 Å². The van der Waals surface area contributed by atoms with Crippen LogP contribution < -0.4 is 4.74 Å². The van der Waals surface area contributed by atoms with E-state index in [4.69, 9.17) is 4.74 Å². The van der Waals surface area contributed by atoms with Gasteiger partial charge in [-0.2, -0.15) is 4.39 Å². The molecule has 2 fully saturated rings. The van der Waals surface area contributed by atoms with Gasteiger partial charge in [0.1, 0.15) is 5.67 Å². The third-order valence-corrected chi connectivity index (χ3v) is 6.36. The summed E-state index contributed by atoms with van der Waals surface area (Å²) >= 11 is 0. The molecular formula is C21H27F5O. The lowest BCUT2D eigenvalue weighted by molar-refractivity contribution is -0.0789. The number of rotatable bonds is 5. The molecule has 3 rings (SSSR count). The number of ether oxygens (including phenoxy) is 1. The molecule has 2 aliphatic carbocycles. The molecule has 0 saturated heterocycles. The van der Waals surface area contributed by atoms with Crippen molar-refractivity contribution in [2.75, 3.05) is 6.61 Å². The molecule has 0 heterocycles. The van der Waals surface area contributed by atoms with Crippen LogP contribution in [0.5, 0.6) is 5.75 Å². The molecule has 0 radical (unpaired) electrons. The molecule has 1 aromatic rings. The van der Waals surface area contributed by atoms with Crippen LogP contribution in [0.1, 0.15) is 70.3 Å². The topological polar surface area (TPSA) is 9.23 Å². The Labute approximate surface area is 157 Å². The van der Waals surface area contributed by atoms with Crippen LogP contribution in [0.4, 0.5) is 22.0 Å². The van der Waals surface area contributed by atoms with Crippen molar-refractivity contribution in [2.45, 2.75) is 76.3 Å². The second-order valence-corrected chi connectivity index (χ2v) is 8.07. The molecule has 0 aromatic heterocycles. The van der Waals surface area contributed by atoms with Gasteiger partial charge in [0.15, 0.2) is 11.6 Å². The van der Waals surface area contributed by atoms with Gasteiger partial charge in [0.2, 0.25) is 5.82 Å². The molecule has 0 aliphatic heterocycles. The van der Waals surface area contributed by atoms with Crippen molar-refractivity contribution < 1.29 is 26.7 Å². The second kappa shape index (κ2) is 7.59. The van der Waals surface area contributed by atoms with Gasteiger partial charge in [-0.25, -0.2) is 17.6 Å². The number of benzene rings is 1. The molecule has 152 valence electrons. The van der Waals surface area contributed by atoms with Gasteiger partial charge in [0.25, 0.3) is 5.92 Å². The molecule has 0 amide bonds. The van der Waals surface area contributed by atoms with E-state index in [0.717, 1.165) is 0 Å². The quantitative estimate of drug-likeness (QED) is 0.502. The normalized spacial score (nSPS) is 32.8. The van der Waals surface area contributed by atoms with Crippen molar-refractivity contribution in [3.8, 4) is 5.75 Å². The van der Waals surface area contributed by atoms with Crippen LogP contribution in [0.15, 0.2) is 12.1 Å². The Balaban J connectivity index is 1.83. The molecule has 4 atom stereocenters. The Kier molecular flexibility index (Phi) is 5.74. The molecule has 0 spiro atoms. The summed E-state index contributed by atoms with van der Waals surface area (Å²) in [5.74, 6) is -7.46. The van der Waals surface area contributed by atoms with E-state index in [-0.39, 0.29) is 43.6 Å². The Morgan fingerprint density at radius 2 is 1.81 bits per heavy atom. The first kappa shape index (κ1) is 20.4. The van der Waals surface area contributed by atoms with Crippen molar-refractivity contribution in [1.82, 2.24) is 0 Å². The fraction of sp³-hybridized carbons (Fsp3) is 0.714. The molecule has 0 N–H and O–H groups in total. The molecule has 2 saturated carbocycles. The van der Waals surface area contributed by atoms with Crippen LogP contribution in [0.3, 0.4) is 0 Å². The number of hydrogen-bond donors (Lipinski definition) is 0. The van der Waals surface area contributed by atoms with E-state index in [1.54, 1.807) is 6.92 Å². The number of fused-ring (bicyclic) bond motifs is 1. The summed E-state index contributed by atoms with van der Waals surface area (Å²) in [6.07, 6.45) is 0.815. The van der Waals surface area contributed by atoms with Crippen LogP contribution in [0.25, 0.3) is 0 Å². The Hall–Kier alpha value is -1.33. The zero-order valence-electron chi connectivity index (χ0n) is 15.8. The standard InChI is InChI=1S/C21H27F5O/c1-3-5-14-8-9-20(24)11-13(10-15(20)12-21(14,25)26)16-6-7-17(27-4-2)19(23)18(16)22/h6-7,13-15H,3-5,8-12H2,1-2H3. The van der Waals surface area contributed by atoms with Gasteiger partial charge in [-0.1, -0.05) is 19.4 Å². The highest BCUT2D eigenvalue weighted by Gasteiger charge is 2.56. The van der Waals surface area contributed by atoms with Crippen molar-refractivity contribution in [1.29, 1.82) is 0 Å². The van der Waals surface area contributed by atoms with Gasteiger partial charge < -0.3 is 4.74 Å². The molecule has 4 unspecified atom stereocenters. The van der Waals surface area contributed by atoms with Crippen molar-refractivity contribution in [2.24, 2.45) is 11.8 Å². The summed E-state index contributed by atoms with van der Waals surface area (Å²) in [4.78, 5) is 0. The first-order valence-electron chi connectivity index (χ1n) is 9.89. The van der Waals surface area contributed by atoms with Crippen LogP contribution in [0.2, 0.25) is 0 Å². The Morgan fingerprint density at radius 1 is 1.07 bits per heavy atom. The van der Waals surface area contributed by atoms with E-state index in [9.17, 15) is 17.6 Å². The van der Waals surface area contributed by atoms with Crippen LogP contribution in [-0.4, -0.2) is 18.2 Å². The van der Waals surface area contributed by atoms with Gasteiger partial charge in [0, 0.05) is 12.3 Å². The predicted molar refractivity (Wildman–Crippen MR) is 94.0 cm³/mol. The highest BCUT2D eigenvalue weighted by molar-refractivity contribution is 5.34. The third-order valence-electron chi connectivity index (χ3n) is 6.36. The van der Waals surface area contributed by atoms with Gasteiger partial charge in [-0.15, -0.1) is 0 Å². The lowest BCUT2D eigenvalue weighted by Gasteiger charge is -2.27. The van der Waals surface area contributed by atoms with Gasteiger partial charge in [-0.05, 0) is 62.5 Å². The van der Waals surface area contributed by atoms with Crippen molar-refractivity contribution in [3.05, 3.63) is 29.3 Å². The van der Waals surface area contributed by atoms with Gasteiger partial charge in [-0.3, -0.25) is 0 Å². The van der Waals surface area contributed by atoms with Crippen molar-refractivity contribution in [3.63, 3.8) is 0 Å². The maximum Gasteiger partial charge on any atom is 0.251 e. The summed E-state index contributed by atoms with van der Waals surface area (Å²) in [6, 6.07) is 2.74. The Bertz CT molecular complexity index is 677. The zero-order valence-corrected chi connectivity index (χ0v) is 15.8. The third kappa shape index (κ3) is 3.81. The van der Waals surface area contributed by atoms with Crippen LogP contribution in [0, 0.1) is 23.5 Å². The van der Waals surface area contributed by atoms with Gasteiger partial charge >= 0.3 is 0 Å². The maximum absolute atomic E-state index is 15.6. The smallest absolute Gasteiger partial charge is 0.251 e. The zero-order chi connectivity index (χ0) is 19.8. The molecule has 1 aromatic carbocycles. The average Bonchev–Trinajstić information content (AvgIpc) is 2.87. The molecule has 1 nitrogen and oxygen atoms in total. The monoisotopic (exact) mass is 390 g/mol. The number of halogens is 5. The summed E-state index contributed by atoms with van der Waals surface area (Å²) in [7, 11) is 0.